The minimum absolute atomic E-state index is 0.850. The predicted molar refractivity (Wildman–Crippen MR) is 67.4 cm³/mol. The van der Waals surface area contributed by atoms with Gasteiger partial charge in [-0.1, -0.05) is 43.4 Å². The van der Waals surface area contributed by atoms with Crippen LogP contribution in [0.4, 0.5) is 0 Å². The topological polar surface area (TPSA) is 9.23 Å². The third-order valence-corrected chi connectivity index (χ3v) is 2.54. The largest absolute Gasteiger partial charge is 0.461 e. The zero-order valence-electron chi connectivity index (χ0n) is 9.52. The van der Waals surface area contributed by atoms with Crippen molar-refractivity contribution < 1.29 is 4.74 Å². The fourth-order valence-corrected chi connectivity index (χ4v) is 1.58. The first kappa shape index (κ1) is 10.7. The molecule has 1 nitrogen and oxygen atoms in total. The molecule has 0 aliphatic heterocycles. The molecule has 0 fully saturated rings. The van der Waals surface area contributed by atoms with Crippen LogP contribution in [-0.2, 0) is 6.42 Å². The summed E-state index contributed by atoms with van der Waals surface area (Å²) in [5.41, 5.74) is 1.34. The fraction of sp³-hybridized carbons (Fsp3) is 0.200. The Morgan fingerprint density at radius 2 is 1.88 bits per heavy atom. The first-order valence-corrected chi connectivity index (χ1v) is 5.67. The van der Waals surface area contributed by atoms with Crippen molar-refractivity contribution >= 4 is 0 Å². The number of ether oxygens (including phenoxy) is 1. The van der Waals surface area contributed by atoms with Gasteiger partial charge in [-0.15, -0.1) is 0 Å². The molecule has 0 aromatic heterocycles. The van der Waals surface area contributed by atoms with Gasteiger partial charge >= 0.3 is 0 Å². The van der Waals surface area contributed by atoms with Crippen LogP contribution in [0.25, 0.3) is 0 Å². The van der Waals surface area contributed by atoms with Crippen molar-refractivity contribution in [1.82, 2.24) is 0 Å². The van der Waals surface area contributed by atoms with Gasteiger partial charge < -0.3 is 4.74 Å². The summed E-state index contributed by atoms with van der Waals surface area (Å²) < 4.78 is 5.79. The Morgan fingerprint density at radius 3 is 2.62 bits per heavy atom. The van der Waals surface area contributed by atoms with Crippen molar-refractivity contribution in [3.63, 3.8) is 0 Å². The van der Waals surface area contributed by atoms with Crippen LogP contribution < -0.4 is 4.74 Å². The molecule has 0 atom stereocenters. The third kappa shape index (κ3) is 2.86. The minimum Gasteiger partial charge on any atom is -0.461 e. The average Bonchev–Trinajstić information content (AvgIpc) is 2.59. The molecule has 0 amide bonds. The van der Waals surface area contributed by atoms with Gasteiger partial charge in [-0.05, 0) is 30.2 Å². The predicted octanol–water partition coefficient (Wildman–Crippen LogP) is 4.03. The van der Waals surface area contributed by atoms with Crippen molar-refractivity contribution in [2.24, 2.45) is 0 Å². The third-order valence-electron chi connectivity index (χ3n) is 2.54. The van der Waals surface area contributed by atoms with Gasteiger partial charge in [0.1, 0.15) is 11.5 Å². The molecule has 1 aliphatic rings. The van der Waals surface area contributed by atoms with Crippen LogP contribution >= 0.6 is 0 Å². The molecule has 1 aromatic rings. The summed E-state index contributed by atoms with van der Waals surface area (Å²) in [5, 5.41) is 0. The summed E-state index contributed by atoms with van der Waals surface area (Å²) >= 11 is 0. The van der Waals surface area contributed by atoms with Crippen molar-refractivity contribution in [3.8, 4) is 5.75 Å². The molecular formula is C15H16O. The van der Waals surface area contributed by atoms with E-state index in [4.69, 9.17) is 4.74 Å². The first-order valence-electron chi connectivity index (χ1n) is 5.67. The first-order chi connectivity index (χ1) is 7.88. The van der Waals surface area contributed by atoms with E-state index in [9.17, 15) is 0 Å². The van der Waals surface area contributed by atoms with Gasteiger partial charge in [-0.2, -0.15) is 0 Å². The van der Waals surface area contributed by atoms with Crippen LogP contribution in [0.15, 0.2) is 60.4 Å². The lowest BCUT2D eigenvalue weighted by Crippen LogP contribution is -1.93. The molecule has 0 heterocycles. The SMILES string of the molecule is CCc1ccc(OC2=CC=CC=CC2)cc1. The number of allylic oxidation sites excluding steroid dienone is 5. The number of hydrogen-bond donors (Lipinski definition) is 0. The van der Waals surface area contributed by atoms with E-state index in [1.807, 2.05) is 36.4 Å². The number of benzene rings is 1. The van der Waals surface area contributed by atoms with E-state index in [1.165, 1.54) is 5.56 Å². The lowest BCUT2D eigenvalue weighted by atomic mass is 10.2. The molecule has 1 aromatic carbocycles. The molecule has 0 radical (unpaired) electrons. The van der Waals surface area contributed by atoms with Crippen molar-refractivity contribution in [3.05, 3.63) is 66.0 Å². The zero-order chi connectivity index (χ0) is 11.2. The zero-order valence-corrected chi connectivity index (χ0v) is 9.52. The molecule has 16 heavy (non-hydrogen) atoms. The number of rotatable bonds is 3. The Balaban J connectivity index is 2.05. The van der Waals surface area contributed by atoms with Crippen LogP contribution in [0.2, 0.25) is 0 Å². The lowest BCUT2D eigenvalue weighted by molar-refractivity contribution is 0.416. The molecule has 0 spiro atoms. The Bertz CT molecular complexity index is 421. The summed E-state index contributed by atoms with van der Waals surface area (Å²) in [4.78, 5) is 0. The van der Waals surface area contributed by atoms with Gasteiger partial charge in [0.15, 0.2) is 0 Å². The fourth-order valence-electron chi connectivity index (χ4n) is 1.58. The maximum atomic E-state index is 5.79. The van der Waals surface area contributed by atoms with E-state index in [0.29, 0.717) is 0 Å². The van der Waals surface area contributed by atoms with Gasteiger partial charge in [0.25, 0.3) is 0 Å². The smallest absolute Gasteiger partial charge is 0.126 e. The molecule has 0 saturated carbocycles. The van der Waals surface area contributed by atoms with Crippen molar-refractivity contribution in [2.45, 2.75) is 19.8 Å². The highest BCUT2D eigenvalue weighted by Crippen LogP contribution is 2.18. The summed E-state index contributed by atoms with van der Waals surface area (Å²) in [6, 6.07) is 8.27. The molecule has 2 rings (SSSR count). The molecule has 0 saturated heterocycles. The highest BCUT2D eigenvalue weighted by atomic mass is 16.5. The number of hydrogen-bond acceptors (Lipinski definition) is 1. The summed E-state index contributed by atoms with van der Waals surface area (Å²) in [6.45, 7) is 2.15. The Kier molecular flexibility index (Phi) is 3.60. The summed E-state index contributed by atoms with van der Waals surface area (Å²) in [6.07, 6.45) is 12.1. The van der Waals surface area contributed by atoms with Crippen molar-refractivity contribution in [2.75, 3.05) is 0 Å². The molecular weight excluding hydrogens is 196 g/mol. The average molecular weight is 212 g/mol. The standard InChI is InChI=1S/C15H16O/c1-2-13-9-11-15(12-10-13)16-14-7-5-3-4-6-8-14/h3-7,9-12H,2,8H2,1H3. The quantitative estimate of drug-likeness (QED) is 0.735. The summed E-state index contributed by atoms with van der Waals surface area (Å²) in [5.74, 6) is 1.89. The second-order valence-electron chi connectivity index (χ2n) is 3.75. The van der Waals surface area contributed by atoms with Crippen LogP contribution in [0.5, 0.6) is 5.75 Å². The van der Waals surface area contributed by atoms with Gasteiger partial charge in [-0.3, -0.25) is 0 Å². The molecule has 82 valence electrons. The van der Waals surface area contributed by atoms with Crippen LogP contribution in [-0.4, -0.2) is 0 Å². The lowest BCUT2D eigenvalue weighted by Gasteiger charge is -2.08. The van der Waals surface area contributed by atoms with Gasteiger partial charge in [0.05, 0.1) is 0 Å². The maximum absolute atomic E-state index is 5.79. The molecule has 0 unspecified atom stereocenters. The monoisotopic (exact) mass is 212 g/mol. The highest BCUT2D eigenvalue weighted by molar-refractivity contribution is 5.30. The van der Waals surface area contributed by atoms with Gasteiger partial charge in [0.2, 0.25) is 0 Å². The van der Waals surface area contributed by atoms with Gasteiger partial charge in [0, 0.05) is 6.42 Å². The Labute approximate surface area is 96.8 Å². The van der Waals surface area contributed by atoms with E-state index in [0.717, 1.165) is 24.4 Å². The van der Waals surface area contributed by atoms with E-state index < -0.39 is 0 Å². The van der Waals surface area contributed by atoms with E-state index >= 15 is 0 Å². The maximum Gasteiger partial charge on any atom is 0.126 e. The molecule has 0 N–H and O–H groups in total. The molecule has 1 heteroatoms. The van der Waals surface area contributed by atoms with Crippen LogP contribution in [0, 0.1) is 0 Å². The Hall–Kier alpha value is -1.76. The normalized spacial score (nSPS) is 14.4. The van der Waals surface area contributed by atoms with E-state index in [-0.39, 0.29) is 0 Å². The van der Waals surface area contributed by atoms with Crippen LogP contribution in [0.1, 0.15) is 18.9 Å². The van der Waals surface area contributed by atoms with E-state index in [2.05, 4.69) is 25.1 Å². The van der Waals surface area contributed by atoms with Crippen molar-refractivity contribution in [1.29, 1.82) is 0 Å². The minimum atomic E-state index is 0.850. The number of aryl methyl sites for hydroxylation is 1. The van der Waals surface area contributed by atoms with Crippen LogP contribution in [0.3, 0.4) is 0 Å². The molecule has 1 aliphatic carbocycles. The summed E-state index contributed by atoms with van der Waals surface area (Å²) in [7, 11) is 0. The highest BCUT2D eigenvalue weighted by Gasteiger charge is 1.99. The van der Waals surface area contributed by atoms with E-state index in [1.54, 1.807) is 0 Å². The second-order valence-corrected chi connectivity index (χ2v) is 3.75. The Morgan fingerprint density at radius 1 is 1.06 bits per heavy atom. The molecule has 0 bridgehead atoms. The van der Waals surface area contributed by atoms with Gasteiger partial charge in [-0.25, -0.2) is 0 Å². The second kappa shape index (κ2) is 5.36.